The van der Waals surface area contributed by atoms with Gasteiger partial charge in [-0.25, -0.2) is 0 Å². The molecule has 0 fully saturated rings. The van der Waals surface area contributed by atoms with Gasteiger partial charge in [-0.1, -0.05) is 0 Å². The van der Waals surface area contributed by atoms with Gasteiger partial charge in [-0.2, -0.15) is 0 Å². The van der Waals surface area contributed by atoms with Crippen LogP contribution in [0.5, 0.6) is 0 Å². The van der Waals surface area contributed by atoms with E-state index in [0.717, 1.165) is 0 Å². The average molecular weight is 253 g/mol. The third kappa shape index (κ3) is 5.94. The second kappa shape index (κ2) is 9.88. The molecule has 0 aromatic carbocycles. The minimum absolute atomic E-state index is 0. The van der Waals surface area contributed by atoms with Crippen LogP contribution in [0.1, 0.15) is 0 Å². The maximum absolute atomic E-state index is 9.09. The van der Waals surface area contributed by atoms with Gasteiger partial charge in [0.25, 0.3) is 0 Å². The standard InChI is InChI=1S/C6H16N2O4.2ClH/c7-1-3(9)5(11)6(12)4(10)2-8;;/h3-6,9-12H,1-2,7-8H2;2*1H/t3-,4+,5+,6-;;. The molecule has 0 bridgehead atoms. The normalized spacial score (nSPS) is 18.4. The Morgan fingerprint density at radius 2 is 0.929 bits per heavy atom. The predicted molar refractivity (Wildman–Crippen MR) is 56.6 cm³/mol. The first-order valence-electron chi connectivity index (χ1n) is 3.67. The number of aliphatic hydroxyl groups excluding tert-OH is 4. The fraction of sp³-hybridized carbons (Fsp3) is 1.00. The second-order valence-corrected chi connectivity index (χ2v) is 2.59. The van der Waals surface area contributed by atoms with Gasteiger partial charge in [-0.05, 0) is 0 Å². The number of rotatable bonds is 5. The van der Waals surface area contributed by atoms with E-state index in [1.807, 2.05) is 0 Å². The zero-order valence-corrected chi connectivity index (χ0v) is 9.12. The van der Waals surface area contributed by atoms with Crippen molar-refractivity contribution in [3.05, 3.63) is 0 Å². The molecule has 14 heavy (non-hydrogen) atoms. The molecule has 8 N–H and O–H groups in total. The van der Waals surface area contributed by atoms with Crippen LogP contribution in [0.25, 0.3) is 0 Å². The summed E-state index contributed by atoms with van der Waals surface area (Å²) < 4.78 is 0. The monoisotopic (exact) mass is 252 g/mol. The van der Waals surface area contributed by atoms with E-state index in [4.69, 9.17) is 31.9 Å². The highest BCUT2D eigenvalue weighted by molar-refractivity contribution is 5.85. The summed E-state index contributed by atoms with van der Waals surface area (Å²) >= 11 is 0. The second-order valence-electron chi connectivity index (χ2n) is 2.59. The first-order valence-corrected chi connectivity index (χ1v) is 3.67. The van der Waals surface area contributed by atoms with Gasteiger partial charge in [0.05, 0.1) is 12.2 Å². The lowest BCUT2D eigenvalue weighted by molar-refractivity contribution is -0.0990. The largest absolute Gasteiger partial charge is 0.389 e. The molecule has 0 radical (unpaired) electrons. The summed E-state index contributed by atoms with van der Waals surface area (Å²) in [5.74, 6) is 0. The molecule has 8 heteroatoms. The van der Waals surface area contributed by atoms with Crippen molar-refractivity contribution < 1.29 is 20.4 Å². The minimum atomic E-state index is -1.46. The number of hydrogen-bond acceptors (Lipinski definition) is 6. The lowest BCUT2D eigenvalue weighted by atomic mass is 10.0. The summed E-state index contributed by atoms with van der Waals surface area (Å²) in [7, 11) is 0. The lowest BCUT2D eigenvalue weighted by Gasteiger charge is -2.24. The van der Waals surface area contributed by atoms with Gasteiger partial charge >= 0.3 is 0 Å². The van der Waals surface area contributed by atoms with E-state index in [1.165, 1.54) is 0 Å². The summed E-state index contributed by atoms with van der Waals surface area (Å²) in [6, 6.07) is 0. The first kappa shape index (κ1) is 19.8. The molecule has 90 valence electrons. The lowest BCUT2D eigenvalue weighted by Crippen LogP contribution is -2.49. The molecule has 0 aliphatic heterocycles. The molecule has 0 aliphatic rings. The first-order chi connectivity index (χ1) is 5.54. The Balaban J connectivity index is -0.000000605. The van der Waals surface area contributed by atoms with E-state index in [9.17, 15) is 0 Å². The number of hydrogen-bond donors (Lipinski definition) is 6. The van der Waals surface area contributed by atoms with Gasteiger partial charge in [0, 0.05) is 13.1 Å². The van der Waals surface area contributed by atoms with Gasteiger partial charge in [0.1, 0.15) is 12.2 Å². The number of aliphatic hydroxyl groups is 4. The van der Waals surface area contributed by atoms with Crippen LogP contribution < -0.4 is 11.5 Å². The molecular weight excluding hydrogens is 235 g/mol. The Morgan fingerprint density at radius 1 is 0.714 bits per heavy atom. The van der Waals surface area contributed by atoms with E-state index in [0.29, 0.717) is 0 Å². The summed E-state index contributed by atoms with van der Waals surface area (Å²) in [6.07, 6.45) is -5.43. The Bertz CT molecular complexity index is 118. The van der Waals surface area contributed by atoms with Crippen LogP contribution in [0.3, 0.4) is 0 Å². The molecule has 0 rings (SSSR count). The van der Waals surface area contributed by atoms with Crippen molar-refractivity contribution in [3.8, 4) is 0 Å². The van der Waals surface area contributed by atoms with Crippen molar-refractivity contribution in [1.29, 1.82) is 0 Å². The van der Waals surface area contributed by atoms with Crippen molar-refractivity contribution in [2.75, 3.05) is 13.1 Å². The molecule has 0 saturated carbocycles. The molecule has 0 aliphatic carbocycles. The Labute approximate surface area is 94.7 Å². The topological polar surface area (TPSA) is 133 Å². The van der Waals surface area contributed by atoms with Gasteiger partial charge in [0.15, 0.2) is 0 Å². The Hall–Kier alpha value is 0.340. The summed E-state index contributed by atoms with van der Waals surface area (Å²) in [6.45, 7) is -0.370. The van der Waals surface area contributed by atoms with Gasteiger partial charge in [-0.3, -0.25) is 0 Å². The third-order valence-corrected chi connectivity index (χ3v) is 1.62. The molecule has 0 saturated heterocycles. The zero-order valence-electron chi connectivity index (χ0n) is 7.48. The molecule has 6 nitrogen and oxygen atoms in total. The van der Waals surface area contributed by atoms with E-state index in [1.54, 1.807) is 0 Å². The van der Waals surface area contributed by atoms with Crippen molar-refractivity contribution >= 4 is 24.8 Å². The quantitative estimate of drug-likeness (QED) is 0.313. The molecule has 0 unspecified atom stereocenters. The summed E-state index contributed by atoms with van der Waals surface area (Å²) in [4.78, 5) is 0. The molecule has 0 aromatic rings. The fourth-order valence-corrected chi connectivity index (χ4v) is 0.734. The molecule has 0 aromatic heterocycles. The molecule has 0 amide bonds. The minimum Gasteiger partial charge on any atom is -0.389 e. The maximum atomic E-state index is 9.09. The highest BCUT2D eigenvalue weighted by atomic mass is 35.5. The van der Waals surface area contributed by atoms with Crippen molar-refractivity contribution in [2.24, 2.45) is 11.5 Å². The van der Waals surface area contributed by atoms with E-state index >= 15 is 0 Å². The highest BCUT2D eigenvalue weighted by Gasteiger charge is 2.28. The zero-order chi connectivity index (χ0) is 9.72. The van der Waals surface area contributed by atoms with Gasteiger partial charge in [-0.15, -0.1) is 24.8 Å². The summed E-state index contributed by atoms with van der Waals surface area (Å²) in [5, 5.41) is 36.1. The van der Waals surface area contributed by atoms with Crippen LogP contribution >= 0.6 is 24.8 Å². The predicted octanol–water partition coefficient (Wildman–Crippen LogP) is -2.81. The van der Waals surface area contributed by atoms with E-state index < -0.39 is 24.4 Å². The number of nitrogens with two attached hydrogens (primary N) is 2. The molecular formula is C6H18Cl2N2O4. The average Bonchev–Trinajstić information content (AvgIpc) is 2.12. The SMILES string of the molecule is Cl.Cl.NC[C@@H](O)[C@H](O)[C@H](O)[C@@H](O)CN. The van der Waals surface area contributed by atoms with Crippen LogP contribution in [-0.4, -0.2) is 57.9 Å². The van der Waals surface area contributed by atoms with E-state index in [2.05, 4.69) is 0 Å². The van der Waals surface area contributed by atoms with Crippen LogP contribution in [-0.2, 0) is 0 Å². The molecule has 4 atom stereocenters. The Kier molecular flexibility index (Phi) is 14.0. The van der Waals surface area contributed by atoms with Crippen LogP contribution in [0.4, 0.5) is 0 Å². The highest BCUT2D eigenvalue weighted by Crippen LogP contribution is 2.03. The van der Waals surface area contributed by atoms with Crippen molar-refractivity contribution in [2.45, 2.75) is 24.4 Å². The summed E-state index contributed by atoms with van der Waals surface area (Å²) in [5.41, 5.74) is 10.0. The maximum Gasteiger partial charge on any atom is 0.110 e. The number of halogens is 2. The van der Waals surface area contributed by atoms with Crippen molar-refractivity contribution in [1.82, 2.24) is 0 Å². The molecule has 0 heterocycles. The van der Waals surface area contributed by atoms with Gasteiger partial charge in [0.2, 0.25) is 0 Å². The smallest absolute Gasteiger partial charge is 0.110 e. The third-order valence-electron chi connectivity index (χ3n) is 1.62. The van der Waals surface area contributed by atoms with Gasteiger partial charge < -0.3 is 31.9 Å². The van der Waals surface area contributed by atoms with Crippen LogP contribution in [0.15, 0.2) is 0 Å². The van der Waals surface area contributed by atoms with Crippen LogP contribution in [0, 0.1) is 0 Å². The van der Waals surface area contributed by atoms with E-state index in [-0.39, 0.29) is 37.9 Å². The van der Waals surface area contributed by atoms with Crippen molar-refractivity contribution in [3.63, 3.8) is 0 Å². The fourth-order valence-electron chi connectivity index (χ4n) is 0.734. The Morgan fingerprint density at radius 3 is 1.07 bits per heavy atom. The molecule has 0 spiro atoms. The van der Waals surface area contributed by atoms with Crippen LogP contribution in [0.2, 0.25) is 0 Å².